The Kier molecular flexibility index (Phi) is 5.39. The molecule has 9 heteroatoms. The summed E-state index contributed by atoms with van der Waals surface area (Å²) in [6.07, 6.45) is -7.72. The zero-order valence-corrected chi connectivity index (χ0v) is 12.2. The Hall–Kier alpha value is -1.91. The van der Waals surface area contributed by atoms with Crippen molar-refractivity contribution in [2.75, 3.05) is 13.7 Å². The zero-order valence-electron chi connectivity index (χ0n) is 12.2. The fourth-order valence-corrected chi connectivity index (χ4v) is 2.11. The molecule has 9 nitrogen and oxygen atoms in total. The van der Waals surface area contributed by atoms with E-state index in [0.29, 0.717) is 0 Å². The number of hydrogen-bond donors (Lipinski definition) is 5. The second-order valence-corrected chi connectivity index (χ2v) is 5.02. The molecule has 1 unspecified atom stereocenters. The maximum Gasteiger partial charge on any atom is 0.338 e. The molecule has 128 valence electrons. The van der Waals surface area contributed by atoms with Gasteiger partial charge in [-0.05, 0) is 18.2 Å². The van der Waals surface area contributed by atoms with Crippen LogP contribution in [0.15, 0.2) is 18.2 Å². The predicted octanol–water partition coefficient (Wildman–Crippen LogP) is -1.64. The van der Waals surface area contributed by atoms with Crippen LogP contribution in [0.25, 0.3) is 0 Å². The summed E-state index contributed by atoms with van der Waals surface area (Å²) in [7, 11) is 1.32. The lowest BCUT2D eigenvalue weighted by molar-refractivity contribution is -0.286. The van der Waals surface area contributed by atoms with Crippen LogP contribution in [0, 0.1) is 0 Å². The molecule has 1 aliphatic rings. The predicted molar refractivity (Wildman–Crippen MR) is 73.8 cm³/mol. The average Bonchev–Trinajstić information content (AvgIpc) is 2.55. The number of phenols is 1. The summed E-state index contributed by atoms with van der Waals surface area (Å²) in [5.41, 5.74) is 0.0890. The van der Waals surface area contributed by atoms with E-state index in [4.69, 9.17) is 14.2 Å². The monoisotopic (exact) mass is 330 g/mol. The fraction of sp³-hybridized carbons (Fsp3) is 0.500. The highest BCUT2D eigenvalue weighted by Gasteiger charge is 2.43. The summed E-state index contributed by atoms with van der Waals surface area (Å²) in [6, 6.07) is 3.83. The lowest BCUT2D eigenvalue weighted by atomic mass is 9.99. The van der Waals surface area contributed by atoms with E-state index in [-0.39, 0.29) is 17.1 Å². The van der Waals surface area contributed by atoms with Crippen LogP contribution in [0.5, 0.6) is 11.5 Å². The molecule has 5 atom stereocenters. The van der Waals surface area contributed by atoms with Crippen LogP contribution in [-0.4, -0.2) is 75.9 Å². The van der Waals surface area contributed by atoms with Crippen molar-refractivity contribution in [3.8, 4) is 11.5 Å². The summed E-state index contributed by atoms with van der Waals surface area (Å²) in [4.78, 5) is 11.9. The molecule has 0 bridgehead atoms. The Labute approximate surface area is 131 Å². The minimum Gasteiger partial charge on any atom is -0.504 e. The van der Waals surface area contributed by atoms with Gasteiger partial charge in [-0.1, -0.05) is 0 Å². The van der Waals surface area contributed by atoms with E-state index in [2.05, 4.69) is 0 Å². The number of carbonyl (C=O) groups is 1. The Balaban J connectivity index is 1.99. The number of rotatable bonds is 4. The molecule has 1 aliphatic heterocycles. The normalized spacial score (nSPS) is 30.7. The summed E-state index contributed by atoms with van der Waals surface area (Å²) in [6.45, 7) is -0.454. The molecule has 23 heavy (non-hydrogen) atoms. The molecule has 0 spiro atoms. The van der Waals surface area contributed by atoms with Crippen molar-refractivity contribution in [3.05, 3.63) is 23.8 Å². The van der Waals surface area contributed by atoms with Gasteiger partial charge >= 0.3 is 5.97 Å². The van der Waals surface area contributed by atoms with Gasteiger partial charge in [0, 0.05) is 0 Å². The number of carbonyl (C=O) groups excluding carboxylic acids is 1. The number of aromatic hydroxyl groups is 1. The maximum atomic E-state index is 11.9. The van der Waals surface area contributed by atoms with Crippen molar-refractivity contribution in [1.29, 1.82) is 0 Å². The van der Waals surface area contributed by atoms with E-state index in [9.17, 15) is 30.3 Å². The van der Waals surface area contributed by atoms with Gasteiger partial charge in [0.25, 0.3) is 0 Å². The van der Waals surface area contributed by atoms with Gasteiger partial charge in [-0.25, -0.2) is 4.79 Å². The summed E-state index contributed by atoms with van der Waals surface area (Å²) >= 11 is 0. The van der Waals surface area contributed by atoms with Gasteiger partial charge in [-0.3, -0.25) is 0 Å². The topological polar surface area (TPSA) is 146 Å². The van der Waals surface area contributed by atoms with Crippen molar-refractivity contribution in [2.24, 2.45) is 0 Å². The number of benzene rings is 1. The number of aliphatic hydroxyl groups excluding tert-OH is 4. The number of aliphatic hydroxyl groups is 4. The van der Waals surface area contributed by atoms with Crippen LogP contribution in [-0.2, 0) is 9.47 Å². The molecule has 1 fully saturated rings. The number of hydrogen-bond acceptors (Lipinski definition) is 9. The van der Waals surface area contributed by atoms with Gasteiger partial charge in [0.2, 0.25) is 0 Å². The van der Waals surface area contributed by atoms with Crippen LogP contribution in [0.1, 0.15) is 10.4 Å². The summed E-state index contributed by atoms with van der Waals surface area (Å²) < 4.78 is 14.7. The van der Waals surface area contributed by atoms with E-state index >= 15 is 0 Å². The zero-order chi connectivity index (χ0) is 17.1. The Morgan fingerprint density at radius 2 is 1.87 bits per heavy atom. The van der Waals surface area contributed by atoms with E-state index in [1.807, 2.05) is 0 Å². The lowest BCUT2D eigenvalue weighted by Crippen LogP contribution is -2.58. The van der Waals surface area contributed by atoms with E-state index < -0.39 is 43.3 Å². The second-order valence-electron chi connectivity index (χ2n) is 5.02. The minimum atomic E-state index is -1.70. The van der Waals surface area contributed by atoms with Crippen molar-refractivity contribution in [3.63, 3.8) is 0 Å². The van der Waals surface area contributed by atoms with Crippen LogP contribution in [0.2, 0.25) is 0 Å². The molecule has 5 N–H and O–H groups in total. The lowest BCUT2D eigenvalue weighted by Gasteiger charge is -2.37. The molecular weight excluding hydrogens is 312 g/mol. The van der Waals surface area contributed by atoms with Gasteiger partial charge in [0.15, 0.2) is 17.8 Å². The molecule has 0 saturated carbocycles. The molecular formula is C14H18O9. The minimum absolute atomic E-state index is 0.0855. The maximum absolute atomic E-state index is 11.9. The van der Waals surface area contributed by atoms with Crippen LogP contribution >= 0.6 is 0 Å². The number of esters is 1. The van der Waals surface area contributed by atoms with Gasteiger partial charge in [0.1, 0.15) is 31.0 Å². The Bertz CT molecular complexity index is 561. The van der Waals surface area contributed by atoms with Crippen LogP contribution in [0.3, 0.4) is 0 Å². The highest BCUT2D eigenvalue weighted by atomic mass is 16.6. The Morgan fingerprint density at radius 3 is 2.52 bits per heavy atom. The first-order valence-electron chi connectivity index (χ1n) is 6.77. The van der Waals surface area contributed by atoms with Crippen molar-refractivity contribution in [1.82, 2.24) is 0 Å². The third kappa shape index (κ3) is 3.71. The van der Waals surface area contributed by atoms with E-state index in [1.165, 1.54) is 25.3 Å². The number of ether oxygens (including phenoxy) is 3. The highest BCUT2D eigenvalue weighted by molar-refractivity contribution is 5.90. The van der Waals surface area contributed by atoms with Gasteiger partial charge in [-0.2, -0.15) is 0 Å². The first-order chi connectivity index (χ1) is 10.8. The SMILES string of the molecule is COc1cc(C(=O)OC[C@H]2OC(O)[C@H](O)[C@@H](O)[C@@H]2O)ccc1O. The molecule has 1 aromatic carbocycles. The fourth-order valence-electron chi connectivity index (χ4n) is 2.11. The van der Waals surface area contributed by atoms with E-state index in [0.717, 1.165) is 0 Å². The molecule has 1 saturated heterocycles. The summed E-state index contributed by atoms with van der Waals surface area (Å²) in [5.74, 6) is -0.841. The molecule has 0 amide bonds. The van der Waals surface area contributed by atoms with Crippen LogP contribution in [0.4, 0.5) is 0 Å². The highest BCUT2D eigenvalue weighted by Crippen LogP contribution is 2.27. The van der Waals surface area contributed by atoms with E-state index in [1.54, 1.807) is 0 Å². The average molecular weight is 330 g/mol. The third-order valence-corrected chi connectivity index (χ3v) is 3.48. The van der Waals surface area contributed by atoms with Crippen molar-refractivity contribution in [2.45, 2.75) is 30.7 Å². The second kappa shape index (κ2) is 7.11. The van der Waals surface area contributed by atoms with Gasteiger partial charge in [-0.15, -0.1) is 0 Å². The quantitative estimate of drug-likeness (QED) is 0.410. The Morgan fingerprint density at radius 1 is 1.17 bits per heavy atom. The first kappa shape index (κ1) is 17.4. The first-order valence-corrected chi connectivity index (χ1v) is 6.77. The molecule has 0 radical (unpaired) electrons. The molecule has 2 rings (SSSR count). The van der Waals surface area contributed by atoms with Gasteiger partial charge < -0.3 is 39.7 Å². The standard InChI is InChI=1S/C14H18O9/c1-21-8-4-6(2-3-7(8)15)13(19)22-5-9-10(16)11(17)12(18)14(20)23-9/h2-4,9-12,14-18,20H,5H2,1H3/t9-,10-,11+,12-,14?/m1/s1. The molecule has 1 aromatic rings. The number of phenolic OH excluding ortho intramolecular Hbond substituents is 1. The largest absolute Gasteiger partial charge is 0.504 e. The molecule has 1 heterocycles. The van der Waals surface area contributed by atoms with Crippen molar-refractivity contribution >= 4 is 5.97 Å². The van der Waals surface area contributed by atoms with Gasteiger partial charge in [0.05, 0.1) is 12.7 Å². The molecule has 0 aliphatic carbocycles. The van der Waals surface area contributed by atoms with Crippen LogP contribution < -0.4 is 4.74 Å². The smallest absolute Gasteiger partial charge is 0.338 e. The summed E-state index contributed by atoms with van der Waals surface area (Å²) in [5, 5.41) is 47.5. The number of methoxy groups -OCH3 is 1. The molecule has 0 aromatic heterocycles. The third-order valence-electron chi connectivity index (χ3n) is 3.48. The van der Waals surface area contributed by atoms with Crippen molar-refractivity contribution < 1.29 is 44.5 Å².